The van der Waals surface area contributed by atoms with E-state index in [0.717, 1.165) is 22.3 Å². The SMILES string of the molecule is Cc1ccc(COC(=O)C2(Cc3cccc(CC(OC(C)C)C(=O)O)c3)C=CC=N2)cc1. The maximum absolute atomic E-state index is 13.0. The first-order chi connectivity index (χ1) is 15.3. The Kier molecular flexibility index (Phi) is 7.59. The summed E-state index contributed by atoms with van der Waals surface area (Å²) in [6, 6.07) is 15.3. The zero-order valence-electron chi connectivity index (χ0n) is 18.7. The van der Waals surface area contributed by atoms with Crippen molar-refractivity contribution in [3.63, 3.8) is 0 Å². The summed E-state index contributed by atoms with van der Waals surface area (Å²) in [4.78, 5) is 29.0. The molecule has 3 rings (SSSR count). The van der Waals surface area contributed by atoms with Crippen molar-refractivity contribution in [2.45, 2.75) is 58.0 Å². The number of rotatable bonds is 10. The Morgan fingerprint density at radius 2 is 1.78 bits per heavy atom. The van der Waals surface area contributed by atoms with Gasteiger partial charge in [-0.15, -0.1) is 0 Å². The molecular formula is C26H29NO5. The highest BCUT2D eigenvalue weighted by Gasteiger charge is 2.38. The Balaban J connectivity index is 1.71. The highest BCUT2D eigenvalue weighted by Crippen LogP contribution is 2.26. The van der Waals surface area contributed by atoms with Gasteiger partial charge in [-0.25, -0.2) is 9.59 Å². The van der Waals surface area contributed by atoms with E-state index in [9.17, 15) is 14.7 Å². The van der Waals surface area contributed by atoms with Gasteiger partial charge in [-0.2, -0.15) is 0 Å². The van der Waals surface area contributed by atoms with Crippen molar-refractivity contribution in [1.82, 2.24) is 0 Å². The number of esters is 1. The number of carboxylic acid groups (broad SMARTS) is 1. The molecule has 0 amide bonds. The van der Waals surface area contributed by atoms with Crippen LogP contribution in [-0.2, 0) is 38.5 Å². The van der Waals surface area contributed by atoms with Gasteiger partial charge in [0.25, 0.3) is 0 Å². The van der Waals surface area contributed by atoms with Gasteiger partial charge < -0.3 is 14.6 Å². The summed E-state index contributed by atoms with van der Waals surface area (Å²) in [5, 5.41) is 9.45. The molecule has 0 spiro atoms. The van der Waals surface area contributed by atoms with Crippen LogP contribution in [0.3, 0.4) is 0 Å². The van der Waals surface area contributed by atoms with E-state index in [2.05, 4.69) is 4.99 Å². The summed E-state index contributed by atoms with van der Waals surface area (Å²) in [6.45, 7) is 5.80. The van der Waals surface area contributed by atoms with Crippen LogP contribution in [0, 0.1) is 6.92 Å². The van der Waals surface area contributed by atoms with Gasteiger partial charge in [0.15, 0.2) is 11.6 Å². The Labute approximate surface area is 188 Å². The minimum absolute atomic E-state index is 0.178. The molecule has 0 bridgehead atoms. The smallest absolute Gasteiger partial charge is 0.338 e. The Morgan fingerprint density at radius 3 is 2.41 bits per heavy atom. The molecule has 0 fully saturated rings. The van der Waals surface area contributed by atoms with Crippen molar-refractivity contribution >= 4 is 18.2 Å². The topological polar surface area (TPSA) is 85.2 Å². The zero-order valence-corrected chi connectivity index (χ0v) is 18.7. The predicted molar refractivity (Wildman–Crippen MR) is 123 cm³/mol. The molecule has 0 saturated heterocycles. The third-order valence-electron chi connectivity index (χ3n) is 5.20. The lowest BCUT2D eigenvalue weighted by molar-refractivity contribution is -0.153. The average Bonchev–Trinajstić information content (AvgIpc) is 3.22. The average molecular weight is 436 g/mol. The second-order valence-electron chi connectivity index (χ2n) is 8.34. The molecule has 2 aromatic rings. The van der Waals surface area contributed by atoms with Crippen LogP contribution in [0.2, 0.25) is 0 Å². The number of benzene rings is 2. The number of nitrogens with zero attached hydrogens (tertiary/aromatic N) is 1. The van der Waals surface area contributed by atoms with Gasteiger partial charge >= 0.3 is 11.9 Å². The van der Waals surface area contributed by atoms with E-state index < -0.39 is 23.6 Å². The number of aliphatic imine (C=N–C) groups is 1. The lowest BCUT2D eigenvalue weighted by atomic mass is 9.90. The van der Waals surface area contributed by atoms with Gasteiger partial charge in [-0.1, -0.05) is 54.1 Å². The molecule has 2 unspecified atom stereocenters. The number of aliphatic carboxylic acids is 1. The minimum Gasteiger partial charge on any atom is -0.479 e. The van der Waals surface area contributed by atoms with Crippen molar-refractivity contribution in [2.75, 3.05) is 0 Å². The first-order valence-corrected chi connectivity index (χ1v) is 10.7. The van der Waals surface area contributed by atoms with Crippen LogP contribution in [0.25, 0.3) is 0 Å². The molecule has 2 aromatic carbocycles. The molecule has 0 radical (unpaired) electrons. The molecule has 0 aromatic heterocycles. The van der Waals surface area contributed by atoms with E-state index in [1.807, 2.05) is 69.3 Å². The summed E-state index contributed by atoms with van der Waals surface area (Å²) in [5.74, 6) is -1.41. The molecule has 168 valence electrons. The van der Waals surface area contributed by atoms with Gasteiger partial charge in [0.05, 0.1) is 6.10 Å². The van der Waals surface area contributed by atoms with Crippen LogP contribution >= 0.6 is 0 Å². The molecule has 1 heterocycles. The number of ether oxygens (including phenoxy) is 2. The summed E-state index contributed by atoms with van der Waals surface area (Å²) < 4.78 is 11.1. The number of allylic oxidation sites excluding steroid dienone is 1. The number of hydrogen-bond donors (Lipinski definition) is 1. The number of aryl methyl sites for hydroxylation is 1. The Morgan fingerprint density at radius 1 is 1.06 bits per heavy atom. The largest absolute Gasteiger partial charge is 0.479 e. The third-order valence-corrected chi connectivity index (χ3v) is 5.20. The number of hydrogen-bond acceptors (Lipinski definition) is 5. The van der Waals surface area contributed by atoms with Crippen molar-refractivity contribution in [3.05, 3.63) is 82.9 Å². The second-order valence-corrected chi connectivity index (χ2v) is 8.34. The highest BCUT2D eigenvalue weighted by molar-refractivity contribution is 5.91. The zero-order chi connectivity index (χ0) is 23.1. The van der Waals surface area contributed by atoms with Crippen molar-refractivity contribution in [1.29, 1.82) is 0 Å². The summed E-state index contributed by atoms with van der Waals surface area (Å²) >= 11 is 0. The van der Waals surface area contributed by atoms with E-state index in [1.54, 1.807) is 18.4 Å². The quantitative estimate of drug-likeness (QED) is 0.569. The fraction of sp³-hybridized carbons (Fsp3) is 0.346. The Hall–Kier alpha value is -3.25. The third kappa shape index (κ3) is 6.14. The van der Waals surface area contributed by atoms with Crippen LogP contribution in [0.5, 0.6) is 0 Å². The molecule has 6 nitrogen and oxygen atoms in total. The van der Waals surface area contributed by atoms with Crippen LogP contribution in [-0.4, -0.2) is 41.0 Å². The van der Waals surface area contributed by atoms with E-state index in [-0.39, 0.29) is 19.1 Å². The lowest BCUT2D eigenvalue weighted by Gasteiger charge is -2.23. The second kappa shape index (κ2) is 10.4. The standard InChI is InChI=1S/C26H29NO5/c1-18(2)32-23(24(28)29)15-21-6-4-7-22(14-21)16-26(12-5-13-27-26)25(30)31-17-20-10-8-19(3)9-11-20/h4-14,18,23H,15-17H2,1-3H3,(H,28,29). The van der Waals surface area contributed by atoms with E-state index >= 15 is 0 Å². The lowest BCUT2D eigenvalue weighted by Crippen LogP contribution is -2.37. The van der Waals surface area contributed by atoms with E-state index in [1.165, 1.54) is 0 Å². The fourth-order valence-electron chi connectivity index (χ4n) is 3.59. The van der Waals surface area contributed by atoms with E-state index in [4.69, 9.17) is 9.47 Å². The van der Waals surface area contributed by atoms with Crippen molar-refractivity contribution < 1.29 is 24.2 Å². The minimum atomic E-state index is -1.12. The van der Waals surface area contributed by atoms with E-state index in [0.29, 0.717) is 6.42 Å². The molecule has 2 atom stereocenters. The first-order valence-electron chi connectivity index (χ1n) is 10.7. The first kappa shape index (κ1) is 23.4. The maximum Gasteiger partial charge on any atom is 0.338 e. The van der Waals surface area contributed by atoms with Gasteiger partial charge in [-0.3, -0.25) is 4.99 Å². The molecule has 0 saturated carbocycles. The molecule has 32 heavy (non-hydrogen) atoms. The van der Waals surface area contributed by atoms with Crippen LogP contribution in [0.15, 0.2) is 65.7 Å². The molecular weight excluding hydrogens is 406 g/mol. The van der Waals surface area contributed by atoms with Crippen LogP contribution in [0.1, 0.15) is 36.1 Å². The van der Waals surface area contributed by atoms with Crippen molar-refractivity contribution in [3.8, 4) is 0 Å². The summed E-state index contributed by atoms with van der Waals surface area (Å²) in [6.07, 6.45) is 4.54. The number of carbonyl (C=O) groups is 2. The van der Waals surface area contributed by atoms with Gasteiger partial charge in [0.1, 0.15) is 6.61 Å². The van der Waals surface area contributed by atoms with Gasteiger partial charge in [-0.05, 0) is 49.6 Å². The molecule has 1 aliphatic heterocycles. The van der Waals surface area contributed by atoms with Gasteiger partial charge in [0, 0.05) is 19.1 Å². The Bertz CT molecular complexity index is 995. The summed E-state index contributed by atoms with van der Waals surface area (Å²) in [5.41, 5.74) is 2.63. The molecule has 1 aliphatic rings. The molecule has 1 N–H and O–H groups in total. The highest BCUT2D eigenvalue weighted by atomic mass is 16.5. The maximum atomic E-state index is 13.0. The van der Waals surface area contributed by atoms with Crippen LogP contribution in [0.4, 0.5) is 0 Å². The van der Waals surface area contributed by atoms with Crippen molar-refractivity contribution in [2.24, 2.45) is 4.99 Å². The fourth-order valence-corrected chi connectivity index (χ4v) is 3.59. The number of carbonyl (C=O) groups excluding carboxylic acids is 1. The normalized spacial score (nSPS) is 18.1. The molecule has 6 heteroatoms. The molecule has 0 aliphatic carbocycles. The van der Waals surface area contributed by atoms with Crippen LogP contribution < -0.4 is 0 Å². The predicted octanol–water partition coefficient (Wildman–Crippen LogP) is 4.08. The number of carboxylic acids is 1. The monoisotopic (exact) mass is 435 g/mol. The summed E-state index contributed by atoms with van der Waals surface area (Å²) in [7, 11) is 0. The van der Waals surface area contributed by atoms with Gasteiger partial charge in [0.2, 0.25) is 0 Å².